The first-order valence-corrected chi connectivity index (χ1v) is 5.38. The van der Waals surface area contributed by atoms with E-state index in [2.05, 4.69) is 39.3 Å². The summed E-state index contributed by atoms with van der Waals surface area (Å²) in [5, 5.41) is 0. The maximum atomic E-state index is 5.77. The number of hydrogen-bond acceptors (Lipinski definition) is 2. The van der Waals surface area contributed by atoms with Crippen molar-refractivity contribution >= 4 is 0 Å². The molecular weight excluding hydrogens is 172 g/mol. The average molecular weight is 198 g/mol. The Labute approximate surface area is 89.2 Å². The van der Waals surface area contributed by atoms with Crippen molar-refractivity contribution in [3.05, 3.63) is 12.7 Å². The summed E-state index contributed by atoms with van der Waals surface area (Å²) in [7, 11) is 2.12. The van der Waals surface area contributed by atoms with Crippen molar-refractivity contribution in [1.82, 2.24) is 4.90 Å². The highest BCUT2D eigenvalue weighted by molar-refractivity contribution is 4.76. The highest BCUT2D eigenvalue weighted by Gasteiger charge is 2.18. The van der Waals surface area contributed by atoms with Crippen molar-refractivity contribution in [1.29, 1.82) is 0 Å². The molecule has 14 heavy (non-hydrogen) atoms. The molecule has 0 aliphatic rings. The molecule has 0 amide bonds. The summed E-state index contributed by atoms with van der Waals surface area (Å²) in [6, 6.07) is 0. The summed E-state index contributed by atoms with van der Waals surface area (Å²) in [4.78, 5) is 2.27. The molecule has 0 spiro atoms. The second-order valence-electron chi connectivity index (χ2n) is 5.38. The van der Waals surface area contributed by atoms with Gasteiger partial charge in [-0.2, -0.15) is 0 Å². The zero-order chi connectivity index (χ0) is 11.2. The van der Waals surface area contributed by atoms with Crippen molar-refractivity contribution in [2.75, 3.05) is 26.7 Å². The zero-order valence-electron chi connectivity index (χ0n) is 10.2. The second-order valence-corrected chi connectivity index (χ2v) is 5.38. The molecule has 0 radical (unpaired) electrons. The van der Waals surface area contributed by atoms with Crippen LogP contribution in [0.2, 0.25) is 0 Å². The minimum absolute atomic E-state index is 0.374. The van der Waals surface area contributed by atoms with Crippen LogP contribution >= 0.6 is 0 Å². The van der Waals surface area contributed by atoms with Crippen molar-refractivity contribution in [2.24, 2.45) is 17.1 Å². The minimum atomic E-state index is 0.374. The second kappa shape index (κ2) is 6.20. The predicted molar refractivity (Wildman–Crippen MR) is 64.3 cm³/mol. The Morgan fingerprint density at radius 1 is 1.43 bits per heavy atom. The fourth-order valence-electron chi connectivity index (χ4n) is 1.82. The molecule has 0 aromatic carbocycles. The van der Waals surface area contributed by atoms with Crippen LogP contribution in [0.3, 0.4) is 0 Å². The van der Waals surface area contributed by atoms with Crippen molar-refractivity contribution in [2.45, 2.75) is 27.2 Å². The highest BCUT2D eigenvalue weighted by Crippen LogP contribution is 2.24. The molecule has 2 heteroatoms. The Hall–Kier alpha value is -0.340. The predicted octanol–water partition coefficient (Wildman–Crippen LogP) is 2.12. The van der Waals surface area contributed by atoms with Crippen LogP contribution in [0.1, 0.15) is 27.2 Å². The lowest BCUT2D eigenvalue weighted by molar-refractivity contribution is 0.232. The molecule has 0 heterocycles. The standard InChI is InChI=1S/C12H26N2/c1-6-7-14(5)10-11(9-13)8-12(2,3)4/h6,11H,1,7-10,13H2,2-5H3. The van der Waals surface area contributed by atoms with Gasteiger partial charge in [-0.05, 0) is 31.3 Å². The molecular formula is C12H26N2. The summed E-state index contributed by atoms with van der Waals surface area (Å²) >= 11 is 0. The Bertz CT molecular complexity index is 158. The average Bonchev–Trinajstić information content (AvgIpc) is 2.01. The maximum absolute atomic E-state index is 5.77. The van der Waals surface area contributed by atoms with Gasteiger partial charge < -0.3 is 10.6 Å². The van der Waals surface area contributed by atoms with Crippen molar-refractivity contribution in [3.8, 4) is 0 Å². The molecule has 0 aromatic heterocycles. The van der Waals surface area contributed by atoms with Crippen LogP contribution in [0.25, 0.3) is 0 Å². The van der Waals surface area contributed by atoms with E-state index < -0.39 is 0 Å². The first-order chi connectivity index (χ1) is 6.39. The van der Waals surface area contributed by atoms with Gasteiger partial charge in [0, 0.05) is 13.1 Å². The highest BCUT2D eigenvalue weighted by atomic mass is 15.1. The molecule has 84 valence electrons. The van der Waals surface area contributed by atoms with Gasteiger partial charge in [-0.3, -0.25) is 0 Å². The van der Waals surface area contributed by atoms with Gasteiger partial charge >= 0.3 is 0 Å². The molecule has 0 rings (SSSR count). The van der Waals surface area contributed by atoms with Gasteiger partial charge in [-0.15, -0.1) is 6.58 Å². The molecule has 1 unspecified atom stereocenters. The lowest BCUT2D eigenvalue weighted by atomic mass is 9.84. The van der Waals surface area contributed by atoms with E-state index in [1.54, 1.807) is 0 Å². The maximum Gasteiger partial charge on any atom is 0.0157 e. The normalized spacial score (nSPS) is 14.4. The van der Waals surface area contributed by atoms with Crippen LogP contribution in [-0.2, 0) is 0 Å². The molecule has 1 atom stereocenters. The van der Waals surface area contributed by atoms with Gasteiger partial charge in [0.1, 0.15) is 0 Å². The van der Waals surface area contributed by atoms with Crippen LogP contribution in [0, 0.1) is 11.3 Å². The Balaban J connectivity index is 3.96. The van der Waals surface area contributed by atoms with Crippen LogP contribution in [0.5, 0.6) is 0 Å². The van der Waals surface area contributed by atoms with E-state index in [0.29, 0.717) is 11.3 Å². The molecule has 0 saturated heterocycles. The Morgan fingerprint density at radius 2 is 2.00 bits per heavy atom. The fourth-order valence-corrected chi connectivity index (χ4v) is 1.82. The smallest absolute Gasteiger partial charge is 0.0157 e. The van der Waals surface area contributed by atoms with Gasteiger partial charge in [-0.25, -0.2) is 0 Å². The third kappa shape index (κ3) is 7.10. The summed E-state index contributed by atoms with van der Waals surface area (Å²) in [6.07, 6.45) is 3.12. The summed E-state index contributed by atoms with van der Waals surface area (Å²) < 4.78 is 0. The van der Waals surface area contributed by atoms with Crippen LogP contribution in [0.4, 0.5) is 0 Å². The largest absolute Gasteiger partial charge is 0.330 e. The van der Waals surface area contributed by atoms with Crippen LogP contribution in [0.15, 0.2) is 12.7 Å². The van der Waals surface area contributed by atoms with E-state index in [9.17, 15) is 0 Å². The molecule has 0 bridgehead atoms. The number of hydrogen-bond donors (Lipinski definition) is 1. The molecule has 0 aliphatic carbocycles. The van der Waals surface area contributed by atoms with Gasteiger partial charge in [0.05, 0.1) is 0 Å². The first-order valence-electron chi connectivity index (χ1n) is 5.38. The van der Waals surface area contributed by atoms with E-state index in [1.807, 2.05) is 6.08 Å². The molecule has 2 nitrogen and oxygen atoms in total. The van der Waals surface area contributed by atoms with E-state index in [0.717, 1.165) is 19.6 Å². The van der Waals surface area contributed by atoms with Crippen molar-refractivity contribution < 1.29 is 0 Å². The third-order valence-corrected chi connectivity index (χ3v) is 2.25. The van der Waals surface area contributed by atoms with Crippen LogP contribution < -0.4 is 5.73 Å². The molecule has 0 aliphatic heterocycles. The Morgan fingerprint density at radius 3 is 2.36 bits per heavy atom. The van der Waals surface area contributed by atoms with E-state index in [1.165, 1.54) is 6.42 Å². The lowest BCUT2D eigenvalue weighted by Gasteiger charge is -2.28. The van der Waals surface area contributed by atoms with Gasteiger partial charge in [0.15, 0.2) is 0 Å². The van der Waals surface area contributed by atoms with Gasteiger partial charge in [0.2, 0.25) is 0 Å². The third-order valence-electron chi connectivity index (χ3n) is 2.25. The van der Waals surface area contributed by atoms with E-state index in [4.69, 9.17) is 5.73 Å². The molecule has 0 fully saturated rings. The van der Waals surface area contributed by atoms with Gasteiger partial charge in [-0.1, -0.05) is 26.8 Å². The SMILES string of the molecule is C=CCN(C)CC(CN)CC(C)(C)C. The Kier molecular flexibility index (Phi) is 6.05. The van der Waals surface area contributed by atoms with E-state index in [-0.39, 0.29) is 0 Å². The number of likely N-dealkylation sites (N-methyl/N-ethyl adjacent to an activating group) is 1. The van der Waals surface area contributed by atoms with Gasteiger partial charge in [0.25, 0.3) is 0 Å². The zero-order valence-corrected chi connectivity index (χ0v) is 10.2. The monoisotopic (exact) mass is 198 g/mol. The number of nitrogens with two attached hydrogens (primary N) is 1. The minimum Gasteiger partial charge on any atom is -0.330 e. The molecule has 0 aromatic rings. The summed E-state index contributed by atoms with van der Waals surface area (Å²) in [5.41, 5.74) is 6.15. The first kappa shape index (κ1) is 13.7. The van der Waals surface area contributed by atoms with E-state index >= 15 is 0 Å². The topological polar surface area (TPSA) is 29.3 Å². The number of rotatable bonds is 6. The number of nitrogens with zero attached hydrogens (tertiary/aromatic N) is 1. The molecule has 0 saturated carbocycles. The quantitative estimate of drug-likeness (QED) is 0.662. The fraction of sp³-hybridized carbons (Fsp3) is 0.833. The van der Waals surface area contributed by atoms with Crippen molar-refractivity contribution in [3.63, 3.8) is 0 Å². The lowest BCUT2D eigenvalue weighted by Crippen LogP contribution is -2.32. The van der Waals surface area contributed by atoms with Crippen LogP contribution in [-0.4, -0.2) is 31.6 Å². The summed E-state index contributed by atoms with van der Waals surface area (Å²) in [6.45, 7) is 13.3. The molecule has 2 N–H and O–H groups in total. The summed E-state index contributed by atoms with van der Waals surface area (Å²) in [5.74, 6) is 0.597.